The summed E-state index contributed by atoms with van der Waals surface area (Å²) in [5, 5.41) is 0. The van der Waals surface area contributed by atoms with Crippen molar-refractivity contribution < 1.29 is 9.47 Å². The van der Waals surface area contributed by atoms with Crippen molar-refractivity contribution in [3.63, 3.8) is 0 Å². The van der Waals surface area contributed by atoms with E-state index in [-0.39, 0.29) is 11.2 Å². The van der Waals surface area contributed by atoms with E-state index >= 15 is 0 Å². The molecule has 2 aliphatic heterocycles. The van der Waals surface area contributed by atoms with Crippen molar-refractivity contribution in [3.05, 3.63) is 0 Å². The number of hydrogen-bond donors (Lipinski definition) is 0. The van der Waals surface area contributed by atoms with E-state index in [0.717, 1.165) is 13.0 Å². The minimum atomic E-state index is -0.293. The molecule has 4 fully saturated rings. The fraction of sp³-hybridized carbons (Fsp3) is 1.00. The molecule has 2 heterocycles. The quantitative estimate of drug-likeness (QED) is 0.648. The van der Waals surface area contributed by atoms with Crippen molar-refractivity contribution in [2.75, 3.05) is 6.61 Å². The Bertz CT molecular complexity index is 492. The van der Waals surface area contributed by atoms with Gasteiger partial charge in [0.25, 0.3) is 0 Å². The van der Waals surface area contributed by atoms with Crippen LogP contribution in [-0.2, 0) is 9.47 Å². The van der Waals surface area contributed by atoms with Gasteiger partial charge in [-0.25, -0.2) is 0 Å². The molecule has 0 N–H and O–H groups in total. The lowest BCUT2D eigenvalue weighted by Crippen LogP contribution is -2.53. The van der Waals surface area contributed by atoms with Crippen molar-refractivity contribution in [2.45, 2.75) is 79.6 Å². The molecule has 2 aliphatic carbocycles. The molecule has 2 saturated heterocycles. The molecule has 0 aromatic carbocycles. The lowest BCUT2D eigenvalue weighted by atomic mass is 9.62. The summed E-state index contributed by atoms with van der Waals surface area (Å²) in [6, 6.07) is 0. The number of hydrogen-bond acceptors (Lipinski definition) is 2. The zero-order valence-electron chi connectivity index (χ0n) is 14.9. The van der Waals surface area contributed by atoms with E-state index < -0.39 is 0 Å². The Labute approximate surface area is 130 Å². The normalized spacial score (nSPS) is 59.9. The third-order valence-corrected chi connectivity index (χ3v) is 8.65. The average Bonchev–Trinajstić information content (AvgIpc) is 2.75. The van der Waals surface area contributed by atoms with Gasteiger partial charge in [-0.05, 0) is 35.5 Å². The first-order chi connectivity index (χ1) is 9.48. The van der Waals surface area contributed by atoms with E-state index in [1.807, 2.05) is 0 Å². The summed E-state index contributed by atoms with van der Waals surface area (Å²) < 4.78 is 13.1. The van der Waals surface area contributed by atoms with Crippen LogP contribution in [0.5, 0.6) is 0 Å². The molecule has 0 aromatic heterocycles. The molecule has 1 unspecified atom stereocenters. The Kier molecular flexibility index (Phi) is 2.44. The Morgan fingerprint density at radius 3 is 2.14 bits per heavy atom. The van der Waals surface area contributed by atoms with Crippen molar-refractivity contribution in [2.24, 2.45) is 33.5 Å². The highest BCUT2D eigenvalue weighted by molar-refractivity contribution is 5.23. The van der Waals surface area contributed by atoms with Gasteiger partial charge in [0.1, 0.15) is 0 Å². The summed E-state index contributed by atoms with van der Waals surface area (Å²) >= 11 is 0. The number of rotatable bonds is 0. The van der Waals surface area contributed by atoms with Gasteiger partial charge >= 0.3 is 0 Å². The molecule has 4 rings (SSSR count). The molecule has 21 heavy (non-hydrogen) atoms. The van der Waals surface area contributed by atoms with E-state index in [1.165, 1.54) is 12.8 Å². The van der Waals surface area contributed by atoms with Crippen LogP contribution in [0.4, 0.5) is 0 Å². The van der Waals surface area contributed by atoms with E-state index in [0.29, 0.717) is 34.2 Å². The van der Waals surface area contributed by atoms with Crippen LogP contribution in [0.2, 0.25) is 0 Å². The molecule has 2 heteroatoms. The maximum Gasteiger partial charge on any atom is 0.174 e. The van der Waals surface area contributed by atoms with Gasteiger partial charge in [-0.1, -0.05) is 48.5 Å². The van der Waals surface area contributed by atoms with Crippen LogP contribution in [0.15, 0.2) is 0 Å². The Morgan fingerprint density at radius 1 is 0.952 bits per heavy atom. The van der Waals surface area contributed by atoms with Crippen LogP contribution in [0, 0.1) is 33.5 Å². The van der Waals surface area contributed by atoms with Crippen LogP contribution < -0.4 is 0 Å². The standard InChI is InChI=1S/C19H32O2/c1-12-8-19(18(7)10-17(18,6)11-20-19)21-13-9-15(2,3)16(4,5)14(12)13/h12-14H,8-11H2,1-7H3/t12-,13+,14?,17-,18-,19+/m1/s1. The summed E-state index contributed by atoms with van der Waals surface area (Å²) in [5.74, 6) is 1.05. The predicted octanol–water partition coefficient (Wildman–Crippen LogP) is 4.63. The van der Waals surface area contributed by atoms with E-state index in [1.54, 1.807) is 0 Å². The second-order valence-corrected chi connectivity index (χ2v) is 10.3. The molecule has 6 atom stereocenters. The zero-order valence-corrected chi connectivity index (χ0v) is 14.9. The first-order valence-corrected chi connectivity index (χ1v) is 8.80. The van der Waals surface area contributed by atoms with Gasteiger partial charge in [-0.15, -0.1) is 0 Å². The number of ether oxygens (including phenoxy) is 2. The smallest absolute Gasteiger partial charge is 0.174 e. The Morgan fingerprint density at radius 2 is 1.62 bits per heavy atom. The summed E-state index contributed by atoms with van der Waals surface area (Å²) in [5.41, 5.74) is 1.29. The second kappa shape index (κ2) is 3.53. The summed E-state index contributed by atoms with van der Waals surface area (Å²) in [6.07, 6.45) is 3.90. The SMILES string of the molecule is C[C@@H]1C[C@]2(OC[C@@]3(C)C[C@]32C)O[C@H]2CC(C)(C)C(C)(C)C12. The monoisotopic (exact) mass is 292 g/mol. The molecule has 1 spiro atoms. The van der Waals surface area contributed by atoms with Gasteiger partial charge in [-0.2, -0.15) is 0 Å². The largest absolute Gasteiger partial charge is 0.349 e. The van der Waals surface area contributed by atoms with Gasteiger partial charge in [-0.3, -0.25) is 0 Å². The van der Waals surface area contributed by atoms with Crippen molar-refractivity contribution in [1.29, 1.82) is 0 Å². The Balaban J connectivity index is 1.69. The molecule has 4 aliphatic rings. The minimum Gasteiger partial charge on any atom is -0.349 e. The van der Waals surface area contributed by atoms with Crippen LogP contribution in [0.25, 0.3) is 0 Å². The van der Waals surface area contributed by atoms with Gasteiger partial charge in [0.2, 0.25) is 0 Å². The maximum atomic E-state index is 6.80. The zero-order chi connectivity index (χ0) is 15.5. The third-order valence-electron chi connectivity index (χ3n) is 8.65. The molecule has 0 aromatic rings. The fourth-order valence-corrected chi connectivity index (χ4v) is 6.27. The lowest BCUT2D eigenvalue weighted by Gasteiger charge is -2.50. The van der Waals surface area contributed by atoms with Crippen LogP contribution >= 0.6 is 0 Å². The van der Waals surface area contributed by atoms with Crippen molar-refractivity contribution >= 4 is 0 Å². The Hall–Kier alpha value is -0.0800. The van der Waals surface area contributed by atoms with Gasteiger partial charge in [0, 0.05) is 17.3 Å². The summed E-state index contributed by atoms with van der Waals surface area (Å²) in [7, 11) is 0. The molecular weight excluding hydrogens is 260 g/mol. The second-order valence-electron chi connectivity index (χ2n) is 10.3. The number of fused-ring (bicyclic) bond motifs is 3. The lowest BCUT2D eigenvalue weighted by molar-refractivity contribution is -0.312. The van der Waals surface area contributed by atoms with Gasteiger partial charge < -0.3 is 9.47 Å². The minimum absolute atomic E-state index is 0.246. The van der Waals surface area contributed by atoms with Crippen molar-refractivity contribution in [3.8, 4) is 0 Å². The first kappa shape index (κ1) is 14.5. The van der Waals surface area contributed by atoms with Crippen LogP contribution in [-0.4, -0.2) is 18.5 Å². The third kappa shape index (κ3) is 1.43. The van der Waals surface area contributed by atoms with E-state index in [9.17, 15) is 0 Å². The molecule has 2 saturated carbocycles. The summed E-state index contributed by atoms with van der Waals surface area (Å²) in [4.78, 5) is 0. The molecule has 2 nitrogen and oxygen atoms in total. The molecule has 0 bridgehead atoms. The first-order valence-electron chi connectivity index (χ1n) is 8.80. The highest BCUT2D eigenvalue weighted by Gasteiger charge is 2.79. The van der Waals surface area contributed by atoms with Crippen molar-refractivity contribution in [1.82, 2.24) is 0 Å². The highest BCUT2D eigenvalue weighted by Crippen LogP contribution is 2.77. The van der Waals surface area contributed by atoms with Crippen LogP contribution in [0.3, 0.4) is 0 Å². The highest BCUT2D eigenvalue weighted by atomic mass is 16.7. The molecule has 0 radical (unpaired) electrons. The molecule has 120 valence electrons. The molecule has 0 amide bonds. The molecular formula is C19H32O2. The predicted molar refractivity (Wildman–Crippen MR) is 83.8 cm³/mol. The van der Waals surface area contributed by atoms with Gasteiger partial charge in [0.15, 0.2) is 5.79 Å². The van der Waals surface area contributed by atoms with Crippen LogP contribution in [0.1, 0.15) is 67.7 Å². The summed E-state index contributed by atoms with van der Waals surface area (Å²) in [6.45, 7) is 17.9. The average molecular weight is 292 g/mol. The van der Waals surface area contributed by atoms with E-state index in [2.05, 4.69) is 48.5 Å². The maximum absolute atomic E-state index is 6.80. The fourth-order valence-electron chi connectivity index (χ4n) is 6.27. The topological polar surface area (TPSA) is 18.5 Å². The van der Waals surface area contributed by atoms with Gasteiger partial charge in [0.05, 0.1) is 12.7 Å². The van der Waals surface area contributed by atoms with E-state index in [4.69, 9.17) is 9.47 Å².